The average Bonchev–Trinajstić information content (AvgIpc) is 3.21. The van der Waals surface area contributed by atoms with Crippen LogP contribution in [0.3, 0.4) is 0 Å². The molecule has 0 atom stereocenters. The normalized spacial score (nSPS) is 10.4. The van der Waals surface area contributed by atoms with E-state index in [-0.39, 0.29) is 0 Å². The van der Waals surface area contributed by atoms with Crippen molar-refractivity contribution in [3.63, 3.8) is 0 Å². The van der Waals surface area contributed by atoms with Gasteiger partial charge in [0.15, 0.2) is 0 Å². The van der Waals surface area contributed by atoms with Gasteiger partial charge in [0.1, 0.15) is 5.76 Å². The van der Waals surface area contributed by atoms with Gasteiger partial charge >= 0.3 is 0 Å². The molecule has 1 aromatic carbocycles. The molecule has 2 amide bonds. The lowest BCUT2D eigenvalue weighted by atomic mass is 10.2. The predicted molar refractivity (Wildman–Crippen MR) is 89.6 cm³/mol. The monoisotopic (exact) mass is 388 g/mol. The number of nitrogens with zero attached hydrogens (tertiary/aromatic N) is 2. The van der Waals surface area contributed by atoms with Crippen LogP contribution in [0.4, 0.5) is 0 Å². The molecule has 2 N–H and O–H groups in total. The maximum absolute atomic E-state index is 12.1. The van der Waals surface area contributed by atoms with Crippen molar-refractivity contribution < 1.29 is 14.0 Å². The van der Waals surface area contributed by atoms with Gasteiger partial charge in [-0.2, -0.15) is 5.10 Å². The molecular weight excluding hydrogens is 376 g/mol. The minimum atomic E-state index is -0.437. The quantitative estimate of drug-likeness (QED) is 0.674. The molecule has 0 aliphatic heterocycles. The molecule has 0 fully saturated rings. The van der Waals surface area contributed by atoms with Crippen molar-refractivity contribution in [2.75, 3.05) is 0 Å². The minimum Gasteiger partial charge on any atom is -0.469 e. The van der Waals surface area contributed by atoms with E-state index in [0.717, 1.165) is 10.2 Å². The number of aromatic nitrogens is 2. The molecule has 0 bridgehead atoms. The summed E-state index contributed by atoms with van der Waals surface area (Å²) >= 11 is 3.33. The summed E-state index contributed by atoms with van der Waals surface area (Å²) in [5.74, 6) is -0.373. The molecule has 0 spiro atoms. The second-order valence-corrected chi connectivity index (χ2v) is 5.86. The first-order valence-electron chi connectivity index (χ1n) is 7.00. The lowest BCUT2D eigenvalue weighted by molar-refractivity contribution is 0.0845. The maximum atomic E-state index is 12.1. The van der Waals surface area contributed by atoms with Gasteiger partial charge in [-0.25, -0.2) is 4.68 Å². The van der Waals surface area contributed by atoms with Crippen molar-refractivity contribution in [3.05, 3.63) is 70.3 Å². The topological polar surface area (TPSA) is 89.2 Å². The van der Waals surface area contributed by atoms with Crippen LogP contribution in [0.1, 0.15) is 26.5 Å². The lowest BCUT2D eigenvalue weighted by Crippen LogP contribution is -2.41. The zero-order valence-corrected chi connectivity index (χ0v) is 14.2. The number of rotatable bonds is 3. The van der Waals surface area contributed by atoms with Crippen molar-refractivity contribution in [1.82, 2.24) is 20.6 Å². The highest BCUT2D eigenvalue weighted by Crippen LogP contribution is 2.13. The molecule has 0 unspecified atom stereocenters. The molecular formula is C16H13BrN4O3. The van der Waals surface area contributed by atoms with E-state index >= 15 is 0 Å². The molecule has 0 aliphatic carbocycles. The molecule has 0 saturated heterocycles. The molecule has 2 aromatic heterocycles. The summed E-state index contributed by atoms with van der Waals surface area (Å²) in [5, 5.41) is 4.16. The highest BCUT2D eigenvalue weighted by atomic mass is 79.9. The maximum Gasteiger partial charge on any atom is 0.273 e. The molecule has 0 saturated carbocycles. The lowest BCUT2D eigenvalue weighted by Gasteiger charge is -2.07. The van der Waals surface area contributed by atoms with Crippen LogP contribution in [-0.2, 0) is 0 Å². The van der Waals surface area contributed by atoms with Crippen LogP contribution >= 0.6 is 15.9 Å². The van der Waals surface area contributed by atoms with Gasteiger partial charge in [0.25, 0.3) is 11.8 Å². The standard InChI is InChI=1S/C16H13BrN4O3/c1-10-14(6-7-24-10)16(23)20-19-15(22)11-2-4-13(5-3-11)21-9-12(17)8-18-21/h2-9H,1H3,(H,19,22)(H,20,23). The average molecular weight is 389 g/mol. The second kappa shape index (κ2) is 6.71. The van der Waals surface area contributed by atoms with Gasteiger partial charge < -0.3 is 4.42 Å². The number of hydrogen-bond acceptors (Lipinski definition) is 4. The van der Waals surface area contributed by atoms with Crippen LogP contribution in [0.5, 0.6) is 0 Å². The molecule has 7 nitrogen and oxygen atoms in total. The molecule has 122 valence electrons. The van der Waals surface area contributed by atoms with Crippen LogP contribution in [0, 0.1) is 6.92 Å². The third kappa shape index (κ3) is 3.38. The zero-order valence-electron chi connectivity index (χ0n) is 12.6. The highest BCUT2D eigenvalue weighted by Gasteiger charge is 2.13. The Kier molecular flexibility index (Phi) is 4.48. The first kappa shape index (κ1) is 16.0. The van der Waals surface area contributed by atoms with E-state index in [2.05, 4.69) is 31.9 Å². The summed E-state index contributed by atoms with van der Waals surface area (Å²) in [6.45, 7) is 1.67. The van der Waals surface area contributed by atoms with E-state index in [1.807, 2.05) is 6.20 Å². The van der Waals surface area contributed by atoms with Gasteiger partial charge in [-0.1, -0.05) is 0 Å². The SMILES string of the molecule is Cc1occc1C(=O)NNC(=O)c1ccc(-n2cc(Br)cn2)cc1. The van der Waals surface area contributed by atoms with Crippen molar-refractivity contribution in [1.29, 1.82) is 0 Å². The van der Waals surface area contributed by atoms with E-state index in [1.54, 1.807) is 42.1 Å². The summed E-state index contributed by atoms with van der Waals surface area (Å²) in [6.07, 6.45) is 4.90. The number of nitrogens with one attached hydrogen (secondary N) is 2. The van der Waals surface area contributed by atoms with E-state index in [9.17, 15) is 9.59 Å². The molecule has 0 radical (unpaired) electrons. The van der Waals surface area contributed by atoms with Crippen molar-refractivity contribution in [2.45, 2.75) is 6.92 Å². The van der Waals surface area contributed by atoms with Gasteiger partial charge in [-0.05, 0) is 53.2 Å². The van der Waals surface area contributed by atoms with Crippen LogP contribution in [0.2, 0.25) is 0 Å². The minimum absolute atomic E-state index is 0.370. The van der Waals surface area contributed by atoms with Crippen LogP contribution in [0.15, 0.2) is 57.9 Å². The number of hydrazine groups is 1. The molecule has 2 heterocycles. The number of aryl methyl sites for hydroxylation is 1. The van der Waals surface area contributed by atoms with E-state index in [0.29, 0.717) is 16.9 Å². The summed E-state index contributed by atoms with van der Waals surface area (Å²) in [7, 11) is 0. The Labute approximate surface area is 145 Å². The highest BCUT2D eigenvalue weighted by molar-refractivity contribution is 9.10. The Morgan fingerprint density at radius 3 is 2.42 bits per heavy atom. The Hall–Kier alpha value is -2.87. The summed E-state index contributed by atoms with van der Waals surface area (Å²) in [4.78, 5) is 24.0. The third-order valence-electron chi connectivity index (χ3n) is 3.34. The van der Waals surface area contributed by atoms with E-state index in [4.69, 9.17) is 4.42 Å². The van der Waals surface area contributed by atoms with Gasteiger partial charge in [0.2, 0.25) is 0 Å². The van der Waals surface area contributed by atoms with Crippen molar-refractivity contribution in [2.24, 2.45) is 0 Å². The molecule has 8 heteroatoms. The smallest absolute Gasteiger partial charge is 0.273 e. The Morgan fingerprint density at radius 2 is 1.83 bits per heavy atom. The molecule has 0 aliphatic rings. The first-order chi connectivity index (χ1) is 11.5. The Morgan fingerprint density at radius 1 is 1.12 bits per heavy atom. The number of furan rings is 1. The van der Waals surface area contributed by atoms with Gasteiger partial charge in [-0.15, -0.1) is 0 Å². The number of halogens is 1. The fourth-order valence-electron chi connectivity index (χ4n) is 2.08. The first-order valence-corrected chi connectivity index (χ1v) is 7.79. The predicted octanol–water partition coefficient (Wildman–Crippen LogP) is 2.61. The number of benzene rings is 1. The number of hydrogen-bond donors (Lipinski definition) is 2. The van der Waals surface area contributed by atoms with E-state index < -0.39 is 11.8 Å². The number of carbonyl (C=O) groups excluding carboxylic acids is 2. The van der Waals surface area contributed by atoms with Gasteiger partial charge in [-0.3, -0.25) is 20.4 Å². The Balaban J connectivity index is 1.63. The molecule has 3 aromatic rings. The largest absolute Gasteiger partial charge is 0.469 e. The second-order valence-electron chi connectivity index (χ2n) is 4.95. The van der Waals surface area contributed by atoms with Crippen molar-refractivity contribution >= 4 is 27.7 Å². The summed E-state index contributed by atoms with van der Waals surface area (Å²) < 4.78 is 7.59. The van der Waals surface area contributed by atoms with Crippen LogP contribution in [0.25, 0.3) is 5.69 Å². The summed E-state index contributed by atoms with van der Waals surface area (Å²) in [6, 6.07) is 8.35. The van der Waals surface area contributed by atoms with Crippen molar-refractivity contribution in [3.8, 4) is 5.69 Å². The number of carbonyl (C=O) groups is 2. The molecule has 24 heavy (non-hydrogen) atoms. The third-order valence-corrected chi connectivity index (χ3v) is 3.75. The Bertz CT molecular complexity index is 883. The molecule has 3 rings (SSSR count). The number of amides is 2. The van der Waals surface area contributed by atoms with Crippen LogP contribution < -0.4 is 10.9 Å². The fourth-order valence-corrected chi connectivity index (χ4v) is 2.37. The zero-order chi connectivity index (χ0) is 17.1. The van der Waals surface area contributed by atoms with Gasteiger partial charge in [0, 0.05) is 11.8 Å². The summed E-state index contributed by atoms with van der Waals surface area (Å²) in [5.41, 5.74) is 6.32. The van der Waals surface area contributed by atoms with Crippen LogP contribution in [-0.4, -0.2) is 21.6 Å². The fraction of sp³-hybridized carbons (Fsp3) is 0.0625. The van der Waals surface area contributed by atoms with Gasteiger partial charge in [0.05, 0.1) is 28.2 Å². The van der Waals surface area contributed by atoms with E-state index in [1.165, 1.54) is 12.3 Å².